The fourth-order valence-electron chi connectivity index (χ4n) is 3.11. The van der Waals surface area contributed by atoms with Crippen molar-refractivity contribution in [3.63, 3.8) is 0 Å². The highest BCUT2D eigenvalue weighted by Gasteiger charge is 2.31. The molecule has 3 rings (SSSR count). The number of benzene rings is 1. The molecule has 1 atom stereocenters. The first-order chi connectivity index (χ1) is 11.4. The second-order valence-corrected chi connectivity index (χ2v) is 7.47. The average Bonchev–Trinajstić information content (AvgIpc) is 3.22. The Morgan fingerprint density at radius 2 is 1.96 bits per heavy atom. The second-order valence-electron chi connectivity index (χ2n) is 5.98. The highest BCUT2D eigenvalue weighted by molar-refractivity contribution is 7.89. The van der Waals surface area contributed by atoms with Gasteiger partial charge in [-0.2, -0.15) is 0 Å². The third-order valence-corrected chi connectivity index (χ3v) is 5.10. The van der Waals surface area contributed by atoms with E-state index in [0.717, 1.165) is 25.7 Å². The summed E-state index contributed by atoms with van der Waals surface area (Å²) in [6.07, 6.45) is 3.66. The van der Waals surface area contributed by atoms with Crippen LogP contribution in [-0.2, 0) is 16.4 Å². The van der Waals surface area contributed by atoms with Crippen molar-refractivity contribution in [3.8, 4) is 0 Å². The molecule has 1 fully saturated rings. The lowest BCUT2D eigenvalue weighted by molar-refractivity contribution is 0.0692. The van der Waals surface area contributed by atoms with Crippen molar-refractivity contribution in [2.45, 2.75) is 36.8 Å². The van der Waals surface area contributed by atoms with Gasteiger partial charge < -0.3 is 9.32 Å². The van der Waals surface area contributed by atoms with Gasteiger partial charge in [0, 0.05) is 12.6 Å². The van der Waals surface area contributed by atoms with Gasteiger partial charge in [0.05, 0.1) is 0 Å². The molecule has 1 aromatic heterocycles. The second kappa shape index (κ2) is 6.78. The maximum atomic E-state index is 12.6. The van der Waals surface area contributed by atoms with Gasteiger partial charge in [0.15, 0.2) is 5.76 Å². The van der Waals surface area contributed by atoms with E-state index >= 15 is 0 Å². The molecule has 0 aliphatic carbocycles. The molecule has 2 aromatic rings. The van der Waals surface area contributed by atoms with Crippen molar-refractivity contribution in [3.05, 3.63) is 53.8 Å². The Labute approximate surface area is 141 Å². The highest BCUT2D eigenvalue weighted by atomic mass is 32.2. The molecule has 1 aliphatic heterocycles. The topological polar surface area (TPSA) is 93.6 Å². The molecule has 0 radical (unpaired) electrons. The summed E-state index contributed by atoms with van der Waals surface area (Å²) >= 11 is 0. The van der Waals surface area contributed by atoms with Crippen LogP contribution in [-0.4, -0.2) is 31.8 Å². The molecule has 24 heavy (non-hydrogen) atoms. The van der Waals surface area contributed by atoms with Crippen LogP contribution in [0.5, 0.6) is 0 Å². The Balaban J connectivity index is 1.68. The van der Waals surface area contributed by atoms with E-state index in [9.17, 15) is 13.2 Å². The summed E-state index contributed by atoms with van der Waals surface area (Å²) in [6, 6.07) is 12.9. The van der Waals surface area contributed by atoms with Gasteiger partial charge in [0.2, 0.25) is 5.09 Å². The van der Waals surface area contributed by atoms with Crippen molar-refractivity contribution in [2.75, 3.05) is 6.54 Å². The first-order valence-electron chi connectivity index (χ1n) is 7.92. The van der Waals surface area contributed by atoms with Crippen LogP contribution in [0.25, 0.3) is 0 Å². The van der Waals surface area contributed by atoms with Gasteiger partial charge in [0.25, 0.3) is 15.9 Å². The van der Waals surface area contributed by atoms with Crippen LogP contribution in [0.2, 0.25) is 0 Å². The Morgan fingerprint density at radius 3 is 2.62 bits per heavy atom. The Morgan fingerprint density at radius 1 is 1.21 bits per heavy atom. The summed E-state index contributed by atoms with van der Waals surface area (Å²) in [5.41, 5.74) is 1.24. The van der Waals surface area contributed by atoms with Crippen molar-refractivity contribution in [1.82, 2.24) is 4.90 Å². The number of sulfonamides is 1. The number of nitrogens with two attached hydrogens (primary N) is 1. The van der Waals surface area contributed by atoms with Gasteiger partial charge in [-0.1, -0.05) is 30.3 Å². The minimum absolute atomic E-state index is 0.0191. The molecule has 128 valence electrons. The molecule has 0 saturated carbocycles. The molecule has 1 aliphatic rings. The van der Waals surface area contributed by atoms with Crippen LogP contribution in [0, 0.1) is 0 Å². The number of carbonyl (C=O) groups is 1. The zero-order valence-corrected chi connectivity index (χ0v) is 14.0. The van der Waals surface area contributed by atoms with E-state index < -0.39 is 10.0 Å². The predicted octanol–water partition coefficient (Wildman–Crippen LogP) is 2.16. The molecule has 0 bridgehead atoms. The fourth-order valence-corrected chi connectivity index (χ4v) is 3.57. The predicted molar refractivity (Wildman–Crippen MR) is 88.9 cm³/mol. The lowest BCUT2D eigenvalue weighted by atomic mass is 10.0. The molecule has 2 N–H and O–H groups in total. The van der Waals surface area contributed by atoms with Crippen LogP contribution in [0.4, 0.5) is 0 Å². The minimum atomic E-state index is -3.94. The van der Waals surface area contributed by atoms with E-state index in [0.29, 0.717) is 6.54 Å². The zero-order valence-electron chi connectivity index (χ0n) is 13.2. The standard InChI is InChI=1S/C17H20N2O4S/c18-24(21,22)16-11-10-15(23-16)17(20)19-12-4-7-14(19)9-8-13-5-2-1-3-6-13/h1-3,5-6,10-11,14H,4,7-9,12H2,(H2,18,21,22)/t14-/m0/s1. The van der Waals surface area contributed by atoms with Crippen LogP contribution in [0.15, 0.2) is 52.0 Å². The number of aryl methyl sites for hydroxylation is 1. The van der Waals surface area contributed by atoms with Crippen molar-refractivity contribution >= 4 is 15.9 Å². The number of rotatable bonds is 5. The normalized spacial score (nSPS) is 18.0. The number of likely N-dealkylation sites (tertiary alicyclic amines) is 1. The van der Waals surface area contributed by atoms with E-state index in [2.05, 4.69) is 12.1 Å². The number of amides is 1. The monoisotopic (exact) mass is 348 g/mol. The first-order valence-corrected chi connectivity index (χ1v) is 9.47. The van der Waals surface area contributed by atoms with E-state index in [4.69, 9.17) is 9.56 Å². The lowest BCUT2D eigenvalue weighted by Crippen LogP contribution is -2.35. The Hall–Kier alpha value is -2.12. The van der Waals surface area contributed by atoms with Gasteiger partial charge >= 0.3 is 0 Å². The number of nitrogens with zero attached hydrogens (tertiary/aromatic N) is 1. The first kappa shape index (κ1) is 16.7. The molecule has 6 nitrogen and oxygen atoms in total. The van der Waals surface area contributed by atoms with Gasteiger partial charge in [-0.15, -0.1) is 0 Å². The third kappa shape index (κ3) is 3.68. The van der Waals surface area contributed by atoms with E-state index in [1.54, 1.807) is 4.90 Å². The number of carbonyl (C=O) groups excluding carboxylic acids is 1. The van der Waals surface area contributed by atoms with Crippen molar-refractivity contribution < 1.29 is 17.6 Å². The number of primary sulfonamides is 1. The van der Waals surface area contributed by atoms with Crippen LogP contribution in [0.3, 0.4) is 0 Å². The third-order valence-electron chi connectivity index (χ3n) is 4.32. The maximum Gasteiger partial charge on any atom is 0.289 e. The average molecular weight is 348 g/mol. The smallest absolute Gasteiger partial charge is 0.289 e. The molecule has 0 spiro atoms. The summed E-state index contributed by atoms with van der Waals surface area (Å²) in [5.74, 6) is -0.258. The molecular weight excluding hydrogens is 328 g/mol. The summed E-state index contributed by atoms with van der Waals surface area (Å²) in [5, 5.41) is 4.63. The van der Waals surface area contributed by atoms with Gasteiger partial charge in [0.1, 0.15) is 0 Å². The molecule has 1 saturated heterocycles. The lowest BCUT2D eigenvalue weighted by Gasteiger charge is -2.23. The van der Waals surface area contributed by atoms with Crippen LogP contribution in [0.1, 0.15) is 35.4 Å². The highest BCUT2D eigenvalue weighted by Crippen LogP contribution is 2.25. The minimum Gasteiger partial charge on any atom is -0.438 e. The van der Waals surface area contributed by atoms with Crippen LogP contribution < -0.4 is 5.14 Å². The number of furan rings is 1. The zero-order chi connectivity index (χ0) is 17.2. The summed E-state index contributed by atoms with van der Waals surface area (Å²) in [7, 11) is -3.94. The van der Waals surface area contributed by atoms with Crippen molar-refractivity contribution in [2.24, 2.45) is 5.14 Å². The van der Waals surface area contributed by atoms with Crippen molar-refractivity contribution in [1.29, 1.82) is 0 Å². The van der Waals surface area contributed by atoms with Gasteiger partial charge in [-0.3, -0.25) is 4.79 Å². The molecule has 0 unspecified atom stereocenters. The quantitative estimate of drug-likeness (QED) is 0.896. The molecule has 1 amide bonds. The van der Waals surface area contributed by atoms with E-state index in [1.165, 1.54) is 17.7 Å². The Bertz CT molecular complexity index is 814. The molecule has 1 aromatic carbocycles. The Kier molecular flexibility index (Phi) is 4.73. The van der Waals surface area contributed by atoms with Gasteiger partial charge in [-0.25, -0.2) is 13.6 Å². The van der Waals surface area contributed by atoms with Crippen LogP contribution >= 0.6 is 0 Å². The molecule has 7 heteroatoms. The maximum absolute atomic E-state index is 12.6. The summed E-state index contributed by atoms with van der Waals surface area (Å²) in [4.78, 5) is 14.4. The number of hydrogen-bond acceptors (Lipinski definition) is 4. The largest absolute Gasteiger partial charge is 0.438 e. The fraction of sp³-hybridized carbons (Fsp3) is 0.353. The SMILES string of the molecule is NS(=O)(=O)c1ccc(C(=O)N2CCC[C@H]2CCc2ccccc2)o1. The van der Waals surface area contributed by atoms with Gasteiger partial charge in [-0.05, 0) is 43.4 Å². The molecule has 2 heterocycles. The van der Waals surface area contributed by atoms with E-state index in [-0.39, 0.29) is 22.8 Å². The summed E-state index contributed by atoms with van der Waals surface area (Å²) in [6.45, 7) is 0.656. The molecular formula is C17H20N2O4S. The van der Waals surface area contributed by atoms with E-state index in [1.807, 2.05) is 18.2 Å². The summed E-state index contributed by atoms with van der Waals surface area (Å²) < 4.78 is 27.7. The number of hydrogen-bond donors (Lipinski definition) is 1.